The van der Waals surface area contributed by atoms with E-state index in [2.05, 4.69) is 35.1 Å². The highest BCUT2D eigenvalue weighted by Gasteiger charge is 2.31. The Morgan fingerprint density at radius 3 is 2.74 bits per heavy atom. The van der Waals surface area contributed by atoms with Crippen molar-refractivity contribution in [2.24, 2.45) is 11.8 Å². The highest BCUT2D eigenvalue weighted by molar-refractivity contribution is 9.10. The van der Waals surface area contributed by atoms with Crippen molar-refractivity contribution < 1.29 is 9.90 Å². The van der Waals surface area contributed by atoms with E-state index in [1.54, 1.807) is 6.07 Å². The molecule has 0 heterocycles. The summed E-state index contributed by atoms with van der Waals surface area (Å²) < 4.78 is 0.627. The lowest BCUT2D eigenvalue weighted by Gasteiger charge is -2.22. The Kier molecular flexibility index (Phi) is 4.50. The van der Waals surface area contributed by atoms with Gasteiger partial charge in [0, 0.05) is 16.2 Å². The Hall–Kier alpha value is -1.03. The number of anilines is 1. The number of hydrogen-bond donors (Lipinski definition) is 2. The van der Waals surface area contributed by atoms with E-state index in [0.717, 1.165) is 11.6 Å². The van der Waals surface area contributed by atoms with Gasteiger partial charge in [0.2, 0.25) is 0 Å². The minimum atomic E-state index is -0.904. The number of carboxylic acids is 1. The second kappa shape index (κ2) is 5.95. The standard InChI is InChI=1S/C15H20BrNO2/c1-3-10-4-7-14(9(10)2)17-11-5-6-12(15(18)19)13(16)8-11/h5-6,8-10,14,17H,3-4,7H2,1-2H3,(H,18,19). The summed E-state index contributed by atoms with van der Waals surface area (Å²) in [4.78, 5) is 11.0. The van der Waals surface area contributed by atoms with Gasteiger partial charge in [0.05, 0.1) is 5.56 Å². The highest BCUT2D eigenvalue weighted by atomic mass is 79.9. The van der Waals surface area contributed by atoms with Crippen LogP contribution in [0.4, 0.5) is 5.69 Å². The minimum absolute atomic E-state index is 0.302. The molecule has 0 spiro atoms. The van der Waals surface area contributed by atoms with Crippen molar-refractivity contribution in [3.63, 3.8) is 0 Å². The molecular weight excluding hydrogens is 306 g/mol. The van der Waals surface area contributed by atoms with Gasteiger partial charge < -0.3 is 10.4 Å². The SMILES string of the molecule is CCC1CCC(Nc2ccc(C(=O)O)c(Br)c2)C1C. The van der Waals surface area contributed by atoms with Crippen molar-refractivity contribution in [3.05, 3.63) is 28.2 Å². The van der Waals surface area contributed by atoms with Gasteiger partial charge in [-0.25, -0.2) is 4.79 Å². The summed E-state index contributed by atoms with van der Waals surface area (Å²) in [5.74, 6) is 0.570. The second-order valence-electron chi connectivity index (χ2n) is 5.36. The fourth-order valence-corrected chi connectivity index (χ4v) is 3.57. The summed E-state index contributed by atoms with van der Waals surface area (Å²) in [7, 11) is 0. The molecule has 1 aromatic carbocycles. The Morgan fingerprint density at radius 1 is 1.47 bits per heavy atom. The summed E-state index contributed by atoms with van der Waals surface area (Å²) in [6.45, 7) is 4.56. The third-order valence-corrected chi connectivity index (χ3v) is 4.96. The van der Waals surface area contributed by atoms with Gasteiger partial charge in [0.15, 0.2) is 0 Å². The van der Waals surface area contributed by atoms with E-state index in [-0.39, 0.29) is 0 Å². The summed E-state index contributed by atoms with van der Waals surface area (Å²) in [6.07, 6.45) is 3.71. The largest absolute Gasteiger partial charge is 0.478 e. The molecule has 1 fully saturated rings. The average Bonchev–Trinajstić information content (AvgIpc) is 2.70. The molecule has 0 amide bonds. The predicted octanol–water partition coefficient (Wildman–Crippen LogP) is 4.38. The van der Waals surface area contributed by atoms with Gasteiger partial charge >= 0.3 is 5.97 Å². The van der Waals surface area contributed by atoms with E-state index in [0.29, 0.717) is 22.0 Å². The van der Waals surface area contributed by atoms with Gasteiger partial charge in [0.1, 0.15) is 0 Å². The van der Waals surface area contributed by atoms with Crippen LogP contribution in [0.5, 0.6) is 0 Å². The van der Waals surface area contributed by atoms with Crippen molar-refractivity contribution in [2.45, 2.75) is 39.2 Å². The molecule has 3 unspecified atom stereocenters. The van der Waals surface area contributed by atoms with Crippen molar-refractivity contribution in [2.75, 3.05) is 5.32 Å². The van der Waals surface area contributed by atoms with Crippen LogP contribution in [-0.2, 0) is 0 Å². The first-order valence-corrected chi connectivity index (χ1v) is 7.61. The van der Waals surface area contributed by atoms with Gasteiger partial charge in [-0.05, 0) is 58.8 Å². The molecule has 19 heavy (non-hydrogen) atoms. The lowest BCUT2D eigenvalue weighted by molar-refractivity contribution is 0.0696. The molecule has 3 atom stereocenters. The summed E-state index contributed by atoms with van der Waals surface area (Å²) >= 11 is 3.32. The molecule has 1 aliphatic carbocycles. The van der Waals surface area contributed by atoms with Crippen LogP contribution in [0.25, 0.3) is 0 Å². The number of rotatable bonds is 4. The van der Waals surface area contributed by atoms with Crippen LogP contribution in [0.2, 0.25) is 0 Å². The molecule has 0 aromatic heterocycles. The smallest absolute Gasteiger partial charge is 0.336 e. The second-order valence-corrected chi connectivity index (χ2v) is 6.21. The van der Waals surface area contributed by atoms with Crippen LogP contribution >= 0.6 is 15.9 Å². The van der Waals surface area contributed by atoms with E-state index in [9.17, 15) is 4.79 Å². The molecule has 0 aliphatic heterocycles. The third kappa shape index (κ3) is 3.11. The topological polar surface area (TPSA) is 49.3 Å². The zero-order valence-corrected chi connectivity index (χ0v) is 12.9. The maximum Gasteiger partial charge on any atom is 0.336 e. The molecule has 2 N–H and O–H groups in total. The average molecular weight is 326 g/mol. The van der Waals surface area contributed by atoms with Crippen LogP contribution in [-0.4, -0.2) is 17.1 Å². The maximum absolute atomic E-state index is 11.0. The molecule has 1 saturated carbocycles. The lowest BCUT2D eigenvalue weighted by Crippen LogP contribution is -2.24. The zero-order valence-electron chi connectivity index (χ0n) is 11.3. The van der Waals surface area contributed by atoms with Gasteiger partial charge in [-0.2, -0.15) is 0 Å². The van der Waals surface area contributed by atoms with E-state index in [4.69, 9.17) is 5.11 Å². The first-order chi connectivity index (χ1) is 9.02. The van der Waals surface area contributed by atoms with Crippen molar-refractivity contribution in [1.82, 2.24) is 0 Å². The Morgan fingerprint density at radius 2 is 2.21 bits per heavy atom. The quantitative estimate of drug-likeness (QED) is 0.863. The van der Waals surface area contributed by atoms with Gasteiger partial charge in [0.25, 0.3) is 0 Å². The van der Waals surface area contributed by atoms with Crippen LogP contribution < -0.4 is 5.32 Å². The van der Waals surface area contributed by atoms with E-state index < -0.39 is 5.97 Å². The number of benzene rings is 1. The molecule has 0 saturated heterocycles. The monoisotopic (exact) mass is 325 g/mol. The molecule has 2 rings (SSSR count). The van der Waals surface area contributed by atoms with E-state index >= 15 is 0 Å². The summed E-state index contributed by atoms with van der Waals surface area (Å²) in [6, 6.07) is 5.84. The van der Waals surface area contributed by atoms with E-state index in [1.807, 2.05) is 12.1 Å². The lowest BCUT2D eigenvalue weighted by atomic mass is 9.93. The first kappa shape index (κ1) is 14.4. The van der Waals surface area contributed by atoms with Gasteiger partial charge in [-0.3, -0.25) is 0 Å². The third-order valence-electron chi connectivity index (χ3n) is 4.30. The predicted molar refractivity (Wildman–Crippen MR) is 80.7 cm³/mol. The molecule has 1 aromatic rings. The van der Waals surface area contributed by atoms with Crippen molar-refractivity contribution in [1.29, 1.82) is 0 Å². The molecule has 3 nitrogen and oxygen atoms in total. The number of aromatic carboxylic acids is 1. The molecule has 4 heteroatoms. The van der Waals surface area contributed by atoms with Crippen molar-refractivity contribution >= 4 is 27.6 Å². The minimum Gasteiger partial charge on any atom is -0.478 e. The molecular formula is C15H20BrNO2. The molecule has 0 bridgehead atoms. The van der Waals surface area contributed by atoms with Gasteiger partial charge in [-0.1, -0.05) is 20.3 Å². The summed E-state index contributed by atoms with van der Waals surface area (Å²) in [5.41, 5.74) is 1.29. The fourth-order valence-electron chi connectivity index (χ4n) is 3.02. The van der Waals surface area contributed by atoms with Crippen LogP contribution in [0.15, 0.2) is 22.7 Å². The highest BCUT2D eigenvalue weighted by Crippen LogP contribution is 2.36. The zero-order chi connectivity index (χ0) is 14.0. The number of hydrogen-bond acceptors (Lipinski definition) is 2. The maximum atomic E-state index is 11.0. The van der Waals surface area contributed by atoms with Crippen LogP contribution in [0, 0.1) is 11.8 Å². The number of nitrogens with one attached hydrogen (secondary N) is 1. The number of halogens is 1. The normalized spacial score (nSPS) is 26.4. The molecule has 1 aliphatic rings. The Labute approximate surface area is 122 Å². The number of carbonyl (C=O) groups is 1. The molecule has 0 radical (unpaired) electrons. The molecule has 104 valence electrons. The van der Waals surface area contributed by atoms with Crippen LogP contribution in [0.1, 0.15) is 43.5 Å². The van der Waals surface area contributed by atoms with Crippen LogP contribution in [0.3, 0.4) is 0 Å². The van der Waals surface area contributed by atoms with Gasteiger partial charge in [-0.15, -0.1) is 0 Å². The number of carboxylic acid groups (broad SMARTS) is 1. The van der Waals surface area contributed by atoms with E-state index in [1.165, 1.54) is 19.3 Å². The summed E-state index contributed by atoms with van der Waals surface area (Å²) in [5, 5.41) is 12.5. The first-order valence-electron chi connectivity index (χ1n) is 6.82. The Balaban J connectivity index is 2.08. The van der Waals surface area contributed by atoms with Crippen molar-refractivity contribution in [3.8, 4) is 0 Å². The Bertz CT molecular complexity index is 475. The fraction of sp³-hybridized carbons (Fsp3) is 0.533.